The lowest BCUT2D eigenvalue weighted by Gasteiger charge is -2.29. The van der Waals surface area contributed by atoms with Crippen molar-refractivity contribution < 1.29 is 28.6 Å². The summed E-state index contributed by atoms with van der Waals surface area (Å²) >= 11 is 0. The molecule has 9 nitrogen and oxygen atoms in total. The highest BCUT2D eigenvalue weighted by molar-refractivity contribution is 5.91. The Bertz CT molecular complexity index is 1290. The predicted molar refractivity (Wildman–Crippen MR) is 146 cm³/mol. The molecule has 10 heteroatoms. The van der Waals surface area contributed by atoms with E-state index in [9.17, 15) is 23.9 Å². The number of nitrogens with two attached hydrogens (primary N) is 1. The average Bonchev–Trinajstić information content (AvgIpc) is 3.72. The molecule has 1 aliphatic carbocycles. The van der Waals surface area contributed by atoms with Gasteiger partial charge in [-0.15, -0.1) is 6.42 Å². The Morgan fingerprint density at radius 1 is 1.23 bits per heavy atom. The van der Waals surface area contributed by atoms with Crippen molar-refractivity contribution in [2.45, 2.75) is 68.7 Å². The topological polar surface area (TPSA) is 143 Å². The van der Waals surface area contributed by atoms with Gasteiger partial charge in [-0.3, -0.25) is 14.4 Å². The summed E-state index contributed by atoms with van der Waals surface area (Å²) < 4.78 is 20.3. The number of rotatable bonds is 7. The van der Waals surface area contributed by atoms with Gasteiger partial charge in [-0.25, -0.2) is 4.39 Å². The van der Waals surface area contributed by atoms with Crippen molar-refractivity contribution in [3.8, 4) is 18.1 Å². The molecule has 0 spiro atoms. The van der Waals surface area contributed by atoms with Crippen molar-refractivity contribution in [3.05, 3.63) is 65.0 Å². The second-order valence-electron chi connectivity index (χ2n) is 10.4. The number of amides is 3. The number of carbonyl (C=O) groups is 3. The van der Waals surface area contributed by atoms with Gasteiger partial charge in [-0.2, -0.15) is 0 Å². The standard InChI is InChI=1S/C30H35FN4O5/c1-2-19-6-5-7-21(14-19)30(11-12-30)33-18-25(36)23-16-20-9-10-26(22(31)15-20)40-13-4-3-8-28(38)34-24(17-27(32)37)29(39)35-23/h1,5-7,9-10,14-15,23-25,33,36H,3-4,8,11-13,16-18H2,(H2,32,37)(H,34,38)(H,35,39)/t23-,24-,25+/m0/s1. The van der Waals surface area contributed by atoms with E-state index >= 15 is 0 Å². The molecule has 1 saturated carbocycles. The number of carbonyl (C=O) groups excluding carboxylic acids is 3. The first kappa shape index (κ1) is 29.1. The molecule has 0 aromatic heterocycles. The molecule has 3 amide bonds. The van der Waals surface area contributed by atoms with E-state index in [1.807, 2.05) is 24.3 Å². The fraction of sp³-hybridized carbons (Fsp3) is 0.433. The maximum Gasteiger partial charge on any atom is 0.243 e. The van der Waals surface area contributed by atoms with Crippen LogP contribution in [-0.2, 0) is 26.3 Å². The van der Waals surface area contributed by atoms with Gasteiger partial charge in [0, 0.05) is 24.1 Å². The van der Waals surface area contributed by atoms with Crippen LogP contribution >= 0.6 is 0 Å². The smallest absolute Gasteiger partial charge is 0.243 e. The van der Waals surface area contributed by atoms with E-state index in [1.54, 1.807) is 6.07 Å². The Kier molecular flexibility index (Phi) is 9.40. The lowest BCUT2D eigenvalue weighted by molar-refractivity contribution is -0.132. The third-order valence-corrected chi connectivity index (χ3v) is 7.34. The van der Waals surface area contributed by atoms with E-state index in [0.717, 1.165) is 24.0 Å². The molecule has 5 rings (SSSR count). The predicted octanol–water partition coefficient (Wildman–Crippen LogP) is 1.40. The minimum atomic E-state index is -1.21. The maximum absolute atomic E-state index is 14.8. The van der Waals surface area contributed by atoms with Crippen LogP contribution in [0.4, 0.5) is 4.39 Å². The number of aliphatic hydroxyl groups excluding tert-OH is 1. The number of terminal acetylenes is 1. The molecule has 2 aliphatic heterocycles. The second-order valence-corrected chi connectivity index (χ2v) is 10.4. The Hall–Kier alpha value is -3.94. The van der Waals surface area contributed by atoms with Gasteiger partial charge in [0.05, 0.1) is 25.2 Å². The molecule has 3 atom stereocenters. The van der Waals surface area contributed by atoms with Crippen LogP contribution in [0.15, 0.2) is 42.5 Å². The number of hydrogen-bond acceptors (Lipinski definition) is 6. The van der Waals surface area contributed by atoms with Crippen LogP contribution in [0.1, 0.15) is 55.2 Å². The van der Waals surface area contributed by atoms with Crippen LogP contribution in [-0.4, -0.2) is 54.2 Å². The largest absolute Gasteiger partial charge is 0.491 e. The molecular weight excluding hydrogens is 515 g/mol. The fourth-order valence-electron chi connectivity index (χ4n) is 4.90. The lowest BCUT2D eigenvalue weighted by Crippen LogP contribution is -2.56. The third-order valence-electron chi connectivity index (χ3n) is 7.34. The summed E-state index contributed by atoms with van der Waals surface area (Å²) in [5, 5.41) is 20.0. The minimum Gasteiger partial charge on any atom is -0.491 e. The van der Waals surface area contributed by atoms with E-state index in [-0.39, 0.29) is 37.3 Å². The Morgan fingerprint density at radius 3 is 2.73 bits per heavy atom. The van der Waals surface area contributed by atoms with Gasteiger partial charge in [0.2, 0.25) is 17.7 Å². The van der Waals surface area contributed by atoms with Crippen molar-refractivity contribution in [1.82, 2.24) is 16.0 Å². The van der Waals surface area contributed by atoms with E-state index in [1.165, 1.54) is 12.1 Å². The maximum atomic E-state index is 14.8. The number of nitrogens with one attached hydrogen (secondary N) is 3. The first-order chi connectivity index (χ1) is 19.2. The molecule has 212 valence electrons. The van der Waals surface area contributed by atoms with Gasteiger partial charge in [0.1, 0.15) is 6.04 Å². The van der Waals surface area contributed by atoms with E-state index < -0.39 is 48.1 Å². The monoisotopic (exact) mass is 550 g/mol. The zero-order valence-corrected chi connectivity index (χ0v) is 22.3. The highest BCUT2D eigenvalue weighted by atomic mass is 19.1. The lowest BCUT2D eigenvalue weighted by atomic mass is 9.98. The van der Waals surface area contributed by atoms with Crippen LogP contribution < -0.4 is 26.4 Å². The summed E-state index contributed by atoms with van der Waals surface area (Å²) in [4.78, 5) is 37.4. The number of aliphatic hydroxyl groups is 1. The second kappa shape index (κ2) is 12.9. The number of fused-ring (bicyclic) bond motifs is 13. The number of halogens is 1. The molecular formula is C30H35FN4O5. The normalized spacial score (nSPS) is 21.8. The molecule has 2 bridgehead atoms. The first-order valence-electron chi connectivity index (χ1n) is 13.5. The molecule has 40 heavy (non-hydrogen) atoms. The van der Waals surface area contributed by atoms with Crippen LogP contribution in [0.5, 0.6) is 5.75 Å². The van der Waals surface area contributed by atoms with Crippen LogP contribution in [0.3, 0.4) is 0 Å². The fourth-order valence-corrected chi connectivity index (χ4v) is 4.90. The van der Waals surface area contributed by atoms with Gasteiger partial charge in [-0.1, -0.05) is 24.1 Å². The van der Waals surface area contributed by atoms with Crippen molar-refractivity contribution >= 4 is 17.7 Å². The number of ether oxygens (including phenoxy) is 1. The summed E-state index contributed by atoms with van der Waals surface area (Å²) in [5.74, 6) is 0.323. The van der Waals surface area contributed by atoms with Gasteiger partial charge < -0.3 is 31.5 Å². The first-order valence-corrected chi connectivity index (χ1v) is 13.5. The molecule has 2 heterocycles. The third kappa shape index (κ3) is 7.58. The zero-order chi connectivity index (χ0) is 28.7. The summed E-state index contributed by atoms with van der Waals surface area (Å²) in [6, 6.07) is 10.1. The van der Waals surface area contributed by atoms with E-state index in [0.29, 0.717) is 18.4 Å². The highest BCUT2D eigenvalue weighted by Crippen LogP contribution is 2.45. The van der Waals surface area contributed by atoms with Gasteiger partial charge in [0.25, 0.3) is 0 Å². The molecule has 2 aromatic carbocycles. The minimum absolute atomic E-state index is 0.0859. The average molecular weight is 551 g/mol. The van der Waals surface area contributed by atoms with Crippen molar-refractivity contribution in [2.24, 2.45) is 5.73 Å². The van der Waals surface area contributed by atoms with Gasteiger partial charge in [-0.05, 0) is 67.5 Å². The van der Waals surface area contributed by atoms with Crippen molar-refractivity contribution in [2.75, 3.05) is 13.2 Å². The van der Waals surface area contributed by atoms with E-state index in [4.69, 9.17) is 16.9 Å². The molecule has 1 fully saturated rings. The number of primary amides is 1. The van der Waals surface area contributed by atoms with Crippen LogP contribution in [0, 0.1) is 18.2 Å². The summed E-state index contributed by atoms with van der Waals surface area (Å²) in [5.41, 5.74) is 7.30. The molecule has 2 aromatic rings. The summed E-state index contributed by atoms with van der Waals surface area (Å²) in [7, 11) is 0. The molecule has 0 saturated heterocycles. The summed E-state index contributed by atoms with van der Waals surface area (Å²) in [6.45, 7) is 0.329. The van der Waals surface area contributed by atoms with Crippen molar-refractivity contribution in [1.29, 1.82) is 0 Å². The van der Waals surface area contributed by atoms with Gasteiger partial charge >= 0.3 is 0 Å². The Balaban J connectivity index is 1.55. The highest BCUT2D eigenvalue weighted by Gasteiger charge is 2.44. The molecule has 6 N–H and O–H groups in total. The molecule has 3 aliphatic rings. The Labute approximate surface area is 233 Å². The van der Waals surface area contributed by atoms with Crippen LogP contribution in [0.2, 0.25) is 0 Å². The van der Waals surface area contributed by atoms with Crippen molar-refractivity contribution in [3.63, 3.8) is 0 Å². The number of hydrogen-bond donors (Lipinski definition) is 5. The quantitative estimate of drug-likeness (QED) is 0.330. The summed E-state index contributed by atoms with van der Waals surface area (Å²) in [6.07, 6.45) is 6.87. The SMILES string of the molecule is C#Cc1cccc(C2(NC[C@@H](O)[C@@H]3Cc4ccc(c(F)c4)OCCCCC(=O)N[C@@H](CC(N)=O)C(=O)N3)CC2)c1. The number of benzene rings is 2. The van der Waals surface area contributed by atoms with Gasteiger partial charge in [0.15, 0.2) is 11.6 Å². The zero-order valence-electron chi connectivity index (χ0n) is 22.3. The van der Waals surface area contributed by atoms with E-state index in [2.05, 4.69) is 21.9 Å². The molecule has 0 unspecified atom stereocenters. The Morgan fingerprint density at radius 2 is 2.02 bits per heavy atom. The van der Waals surface area contributed by atoms with Crippen LogP contribution in [0.25, 0.3) is 0 Å². The molecule has 0 radical (unpaired) electrons.